The largest absolute Gasteiger partial charge is 0.365 e. The summed E-state index contributed by atoms with van der Waals surface area (Å²) >= 11 is 0. The van der Waals surface area contributed by atoms with Gasteiger partial charge < -0.3 is 10.2 Å². The maximum absolute atomic E-state index is 12.4. The molecule has 1 aliphatic rings. The third kappa shape index (κ3) is 3.84. The lowest BCUT2D eigenvalue weighted by Gasteiger charge is -2.30. The van der Waals surface area contributed by atoms with Crippen LogP contribution in [0.15, 0.2) is 42.5 Å². The predicted octanol–water partition coefficient (Wildman–Crippen LogP) is 3.97. The van der Waals surface area contributed by atoms with E-state index in [9.17, 15) is 4.79 Å². The van der Waals surface area contributed by atoms with Crippen LogP contribution in [0, 0.1) is 5.92 Å². The third-order valence-corrected chi connectivity index (χ3v) is 5.01. The van der Waals surface area contributed by atoms with E-state index >= 15 is 0 Å². The van der Waals surface area contributed by atoms with Gasteiger partial charge >= 0.3 is 0 Å². The number of amides is 1. The van der Waals surface area contributed by atoms with E-state index in [-0.39, 0.29) is 5.91 Å². The molecule has 1 amide bonds. The van der Waals surface area contributed by atoms with E-state index in [0.29, 0.717) is 18.5 Å². The predicted molar refractivity (Wildman–Crippen MR) is 96.8 cm³/mol. The topological polar surface area (TPSA) is 32.3 Å². The van der Waals surface area contributed by atoms with Crippen molar-refractivity contribution < 1.29 is 4.79 Å². The number of hydrogen-bond donors (Lipinski definition) is 1. The van der Waals surface area contributed by atoms with Gasteiger partial charge in [0.25, 0.3) is 0 Å². The molecular formula is C20H26N2O. The minimum absolute atomic E-state index is 0.124. The lowest BCUT2D eigenvalue weighted by atomic mass is 9.86. The number of carbonyl (C=O) groups is 1. The van der Waals surface area contributed by atoms with Crippen molar-refractivity contribution in [1.29, 1.82) is 0 Å². The summed E-state index contributed by atoms with van der Waals surface area (Å²) in [6.45, 7) is 2.65. The van der Waals surface area contributed by atoms with Crippen LogP contribution >= 0.6 is 0 Å². The maximum atomic E-state index is 12.4. The molecule has 1 fully saturated rings. The molecule has 2 aromatic carbocycles. The minimum Gasteiger partial charge on any atom is -0.365 e. The van der Waals surface area contributed by atoms with Crippen LogP contribution < -0.4 is 10.2 Å². The monoisotopic (exact) mass is 310 g/mol. The van der Waals surface area contributed by atoms with Crippen LogP contribution in [0.3, 0.4) is 0 Å². The van der Waals surface area contributed by atoms with Gasteiger partial charge in [-0.2, -0.15) is 0 Å². The SMILES string of the molecule is C[C@@H]1CCCC[C@@H]1NC(=O)CN(C)c1ccc2ccccc2c1. The van der Waals surface area contributed by atoms with E-state index in [1.165, 1.54) is 30.0 Å². The Morgan fingerprint density at radius 1 is 1.13 bits per heavy atom. The lowest BCUT2D eigenvalue weighted by molar-refractivity contribution is -0.121. The van der Waals surface area contributed by atoms with Crippen molar-refractivity contribution in [1.82, 2.24) is 5.32 Å². The Hall–Kier alpha value is -2.03. The summed E-state index contributed by atoms with van der Waals surface area (Å²) in [5.41, 5.74) is 1.08. The summed E-state index contributed by atoms with van der Waals surface area (Å²) < 4.78 is 0. The number of rotatable bonds is 4. The molecule has 0 aromatic heterocycles. The Morgan fingerprint density at radius 2 is 1.87 bits per heavy atom. The average molecular weight is 310 g/mol. The number of carbonyl (C=O) groups excluding carboxylic acids is 1. The standard InChI is InChI=1S/C20H26N2O/c1-15-7-3-6-10-19(15)21-20(23)14-22(2)18-12-11-16-8-4-5-9-17(16)13-18/h4-5,8-9,11-13,15,19H,3,6-7,10,14H2,1-2H3,(H,21,23)/t15-,19+/m1/s1. The van der Waals surface area contributed by atoms with Crippen LogP contribution in [-0.2, 0) is 4.79 Å². The third-order valence-electron chi connectivity index (χ3n) is 5.01. The highest BCUT2D eigenvalue weighted by molar-refractivity contribution is 5.87. The number of nitrogens with one attached hydrogen (secondary N) is 1. The molecule has 1 aliphatic carbocycles. The second-order valence-electron chi connectivity index (χ2n) is 6.82. The molecule has 23 heavy (non-hydrogen) atoms. The van der Waals surface area contributed by atoms with Crippen LogP contribution in [0.25, 0.3) is 10.8 Å². The van der Waals surface area contributed by atoms with Crippen LogP contribution in [0.5, 0.6) is 0 Å². The second-order valence-corrected chi connectivity index (χ2v) is 6.82. The molecule has 3 heteroatoms. The zero-order valence-electron chi connectivity index (χ0n) is 14.1. The zero-order chi connectivity index (χ0) is 16.2. The van der Waals surface area contributed by atoms with Crippen molar-refractivity contribution >= 4 is 22.4 Å². The first-order chi connectivity index (χ1) is 11.1. The molecule has 1 saturated carbocycles. The van der Waals surface area contributed by atoms with E-state index in [4.69, 9.17) is 0 Å². The van der Waals surface area contributed by atoms with Gasteiger partial charge in [-0.25, -0.2) is 0 Å². The van der Waals surface area contributed by atoms with Crippen LogP contribution in [0.1, 0.15) is 32.6 Å². The first kappa shape index (κ1) is 15.9. The number of hydrogen-bond acceptors (Lipinski definition) is 2. The summed E-state index contributed by atoms with van der Waals surface area (Å²) in [4.78, 5) is 14.4. The summed E-state index contributed by atoms with van der Waals surface area (Å²) in [6.07, 6.45) is 4.87. The van der Waals surface area contributed by atoms with E-state index in [2.05, 4.69) is 42.6 Å². The lowest BCUT2D eigenvalue weighted by Crippen LogP contribution is -2.45. The fourth-order valence-electron chi connectivity index (χ4n) is 3.50. The Bertz CT molecular complexity index is 682. The molecule has 122 valence electrons. The highest BCUT2D eigenvalue weighted by Crippen LogP contribution is 2.24. The molecule has 0 radical (unpaired) electrons. The molecule has 0 unspecified atom stereocenters. The maximum Gasteiger partial charge on any atom is 0.239 e. The summed E-state index contributed by atoms with van der Waals surface area (Å²) in [7, 11) is 1.98. The molecule has 0 heterocycles. The van der Waals surface area contributed by atoms with Crippen molar-refractivity contribution in [3.05, 3.63) is 42.5 Å². The Kier molecular flexibility index (Phi) is 4.85. The van der Waals surface area contributed by atoms with Crippen LogP contribution in [0.4, 0.5) is 5.69 Å². The molecular weight excluding hydrogens is 284 g/mol. The van der Waals surface area contributed by atoms with Gasteiger partial charge in [-0.3, -0.25) is 4.79 Å². The molecule has 3 rings (SSSR count). The molecule has 0 spiro atoms. The van der Waals surface area contributed by atoms with E-state index in [1.54, 1.807) is 0 Å². The molecule has 0 saturated heterocycles. The van der Waals surface area contributed by atoms with Gasteiger partial charge in [-0.05, 0) is 41.7 Å². The number of anilines is 1. The molecule has 2 atom stereocenters. The van der Waals surface area contributed by atoms with Gasteiger partial charge in [0.15, 0.2) is 0 Å². The number of nitrogens with zero attached hydrogens (tertiary/aromatic N) is 1. The molecule has 0 aliphatic heterocycles. The van der Waals surface area contributed by atoms with Gasteiger partial charge in [0.05, 0.1) is 6.54 Å². The quantitative estimate of drug-likeness (QED) is 0.926. The Balaban J connectivity index is 1.62. The van der Waals surface area contributed by atoms with Gasteiger partial charge in [0.2, 0.25) is 5.91 Å². The van der Waals surface area contributed by atoms with E-state index in [0.717, 1.165) is 12.1 Å². The fourth-order valence-corrected chi connectivity index (χ4v) is 3.50. The highest BCUT2D eigenvalue weighted by atomic mass is 16.2. The summed E-state index contributed by atoms with van der Waals surface area (Å²) in [5, 5.41) is 5.66. The Morgan fingerprint density at radius 3 is 2.65 bits per heavy atom. The van der Waals surface area contributed by atoms with Gasteiger partial charge in [0, 0.05) is 18.8 Å². The normalized spacial score (nSPS) is 21.1. The van der Waals surface area contributed by atoms with E-state index < -0.39 is 0 Å². The number of likely N-dealkylation sites (N-methyl/N-ethyl adjacent to an activating group) is 1. The summed E-state index contributed by atoms with van der Waals surface area (Å²) in [6, 6.07) is 15.0. The van der Waals surface area contributed by atoms with Crippen molar-refractivity contribution in [2.75, 3.05) is 18.5 Å². The van der Waals surface area contributed by atoms with Gasteiger partial charge in [-0.15, -0.1) is 0 Å². The number of benzene rings is 2. The van der Waals surface area contributed by atoms with Crippen LogP contribution in [-0.4, -0.2) is 25.5 Å². The van der Waals surface area contributed by atoms with Crippen molar-refractivity contribution in [3.8, 4) is 0 Å². The highest BCUT2D eigenvalue weighted by Gasteiger charge is 2.23. The van der Waals surface area contributed by atoms with Gasteiger partial charge in [0.1, 0.15) is 0 Å². The fraction of sp³-hybridized carbons (Fsp3) is 0.450. The first-order valence-corrected chi connectivity index (χ1v) is 8.63. The number of fused-ring (bicyclic) bond motifs is 1. The van der Waals surface area contributed by atoms with Crippen LogP contribution in [0.2, 0.25) is 0 Å². The smallest absolute Gasteiger partial charge is 0.239 e. The van der Waals surface area contributed by atoms with Crippen molar-refractivity contribution in [2.24, 2.45) is 5.92 Å². The first-order valence-electron chi connectivity index (χ1n) is 8.63. The van der Waals surface area contributed by atoms with E-state index in [1.807, 2.05) is 24.1 Å². The molecule has 0 bridgehead atoms. The molecule has 3 nitrogen and oxygen atoms in total. The summed E-state index contributed by atoms with van der Waals surface area (Å²) in [5.74, 6) is 0.720. The minimum atomic E-state index is 0.124. The van der Waals surface area contributed by atoms with Crippen molar-refractivity contribution in [3.63, 3.8) is 0 Å². The molecule has 1 N–H and O–H groups in total. The Labute approximate surface area is 138 Å². The molecule has 2 aromatic rings. The zero-order valence-corrected chi connectivity index (χ0v) is 14.1. The van der Waals surface area contributed by atoms with Gasteiger partial charge in [-0.1, -0.05) is 50.1 Å². The second kappa shape index (κ2) is 7.03. The average Bonchev–Trinajstić information content (AvgIpc) is 2.56. The van der Waals surface area contributed by atoms with Crippen molar-refractivity contribution in [2.45, 2.75) is 38.6 Å².